The lowest BCUT2D eigenvalue weighted by Crippen LogP contribution is -2.33. The summed E-state index contributed by atoms with van der Waals surface area (Å²) in [5.74, 6) is 1.89. The predicted molar refractivity (Wildman–Crippen MR) is 84.2 cm³/mol. The van der Waals surface area contributed by atoms with Crippen LogP contribution in [0.25, 0.3) is 0 Å². The van der Waals surface area contributed by atoms with Gasteiger partial charge in [-0.15, -0.1) is 0 Å². The number of hydrogen-bond donors (Lipinski definition) is 1. The van der Waals surface area contributed by atoms with Gasteiger partial charge in [0.25, 0.3) is 0 Å². The van der Waals surface area contributed by atoms with Gasteiger partial charge in [-0.1, -0.05) is 27.7 Å². The van der Waals surface area contributed by atoms with E-state index in [2.05, 4.69) is 33.0 Å². The maximum atomic E-state index is 12.1. The summed E-state index contributed by atoms with van der Waals surface area (Å²) >= 11 is 0. The van der Waals surface area contributed by atoms with Gasteiger partial charge >= 0.3 is 0 Å². The quantitative estimate of drug-likeness (QED) is 0.747. The Hall–Kier alpha value is -0.0900. The van der Waals surface area contributed by atoms with Crippen LogP contribution in [0.1, 0.15) is 54.9 Å². The van der Waals surface area contributed by atoms with Gasteiger partial charge < -0.3 is 5.32 Å². The molecule has 0 spiro atoms. The maximum absolute atomic E-state index is 12.1. The highest BCUT2D eigenvalue weighted by molar-refractivity contribution is 7.92. The van der Waals surface area contributed by atoms with Crippen molar-refractivity contribution in [3.63, 3.8) is 0 Å². The lowest BCUT2D eigenvalue weighted by Gasteiger charge is -2.24. The highest BCUT2D eigenvalue weighted by Gasteiger charge is 2.29. The molecule has 19 heavy (non-hydrogen) atoms. The van der Waals surface area contributed by atoms with Crippen LogP contribution in [0.15, 0.2) is 0 Å². The molecule has 0 radical (unpaired) electrons. The van der Waals surface area contributed by atoms with Gasteiger partial charge in [0.1, 0.15) is 0 Å². The fourth-order valence-electron chi connectivity index (χ4n) is 1.73. The Morgan fingerprint density at radius 2 is 1.47 bits per heavy atom. The summed E-state index contributed by atoms with van der Waals surface area (Å²) in [6.07, 6.45) is 0.754. The van der Waals surface area contributed by atoms with E-state index < -0.39 is 14.6 Å². The zero-order chi connectivity index (χ0) is 15.3. The fourth-order valence-corrected chi connectivity index (χ4v) is 3.03. The Morgan fingerprint density at radius 1 is 0.947 bits per heavy atom. The summed E-state index contributed by atoms with van der Waals surface area (Å²) in [7, 11) is -2.98. The summed E-state index contributed by atoms with van der Waals surface area (Å²) in [5.41, 5.74) is 0. The van der Waals surface area contributed by atoms with E-state index in [9.17, 15) is 8.42 Å². The molecule has 0 rings (SSSR count). The minimum atomic E-state index is -2.98. The van der Waals surface area contributed by atoms with E-state index in [1.807, 2.05) is 0 Å². The second-order valence-corrected chi connectivity index (χ2v) is 10.1. The first-order valence-electron chi connectivity index (χ1n) is 7.40. The van der Waals surface area contributed by atoms with Crippen LogP contribution in [0.5, 0.6) is 0 Å². The van der Waals surface area contributed by atoms with Gasteiger partial charge in [-0.3, -0.25) is 0 Å². The molecular weight excluding hydrogens is 258 g/mol. The van der Waals surface area contributed by atoms with Gasteiger partial charge in [0.2, 0.25) is 0 Å². The monoisotopic (exact) mass is 291 g/mol. The van der Waals surface area contributed by atoms with Crippen LogP contribution >= 0.6 is 0 Å². The third-order valence-corrected chi connectivity index (χ3v) is 6.40. The van der Waals surface area contributed by atoms with Crippen molar-refractivity contribution in [2.45, 2.75) is 59.6 Å². The van der Waals surface area contributed by atoms with Gasteiger partial charge in [0, 0.05) is 0 Å². The highest BCUT2D eigenvalue weighted by Crippen LogP contribution is 2.21. The molecule has 0 aromatic heterocycles. The highest BCUT2D eigenvalue weighted by atomic mass is 32.2. The maximum Gasteiger partial charge on any atom is 0.155 e. The summed E-state index contributed by atoms with van der Waals surface area (Å²) in [5, 5.41) is 3.44. The van der Waals surface area contributed by atoms with Crippen LogP contribution in [-0.4, -0.2) is 32.0 Å². The Balaban J connectivity index is 4.14. The minimum Gasteiger partial charge on any atom is -0.316 e. The van der Waals surface area contributed by atoms with E-state index in [-0.39, 0.29) is 0 Å². The molecule has 0 aliphatic heterocycles. The SMILES string of the molecule is CC(C)CNCC(C)C(C)CCS(=O)(=O)C(C)(C)C. The molecule has 0 amide bonds. The van der Waals surface area contributed by atoms with E-state index >= 15 is 0 Å². The van der Waals surface area contributed by atoms with Crippen molar-refractivity contribution < 1.29 is 8.42 Å². The van der Waals surface area contributed by atoms with Crippen molar-refractivity contribution >= 4 is 9.84 Å². The van der Waals surface area contributed by atoms with Crippen LogP contribution < -0.4 is 5.32 Å². The second-order valence-electron chi connectivity index (χ2n) is 7.23. The molecule has 0 aliphatic carbocycles. The van der Waals surface area contributed by atoms with Crippen LogP contribution in [0.3, 0.4) is 0 Å². The van der Waals surface area contributed by atoms with E-state index in [0.717, 1.165) is 19.5 Å². The Bertz CT molecular complexity index is 342. The second kappa shape index (κ2) is 7.63. The predicted octanol–water partition coefficient (Wildman–Crippen LogP) is 3.11. The molecule has 0 saturated heterocycles. The first-order chi connectivity index (χ1) is 8.47. The van der Waals surface area contributed by atoms with Crippen LogP contribution in [-0.2, 0) is 9.84 Å². The minimum absolute atomic E-state index is 0.298. The average Bonchev–Trinajstić information content (AvgIpc) is 2.23. The molecule has 1 N–H and O–H groups in total. The van der Waals surface area contributed by atoms with Crippen LogP contribution in [0.2, 0.25) is 0 Å². The molecule has 2 atom stereocenters. The van der Waals surface area contributed by atoms with Crippen molar-refractivity contribution in [2.24, 2.45) is 17.8 Å². The third kappa shape index (κ3) is 7.31. The topological polar surface area (TPSA) is 46.2 Å². The summed E-state index contributed by atoms with van der Waals surface area (Å²) in [6, 6.07) is 0. The van der Waals surface area contributed by atoms with Gasteiger partial charge in [0.15, 0.2) is 9.84 Å². The molecule has 4 heteroatoms. The van der Waals surface area contributed by atoms with Gasteiger partial charge in [-0.2, -0.15) is 0 Å². The van der Waals surface area contributed by atoms with Crippen LogP contribution in [0.4, 0.5) is 0 Å². The molecule has 0 fully saturated rings. The molecule has 0 aliphatic rings. The average molecular weight is 292 g/mol. The molecular formula is C15H33NO2S. The van der Waals surface area contributed by atoms with E-state index in [4.69, 9.17) is 0 Å². The number of rotatable bonds is 8. The van der Waals surface area contributed by atoms with Gasteiger partial charge in [0.05, 0.1) is 10.5 Å². The lowest BCUT2D eigenvalue weighted by molar-refractivity contribution is 0.350. The molecule has 2 unspecified atom stereocenters. The van der Waals surface area contributed by atoms with E-state index in [1.165, 1.54) is 0 Å². The summed E-state index contributed by atoms with van der Waals surface area (Å²) < 4.78 is 23.5. The smallest absolute Gasteiger partial charge is 0.155 e. The van der Waals surface area contributed by atoms with E-state index in [0.29, 0.717) is 23.5 Å². The third-order valence-electron chi connectivity index (χ3n) is 3.77. The van der Waals surface area contributed by atoms with Gasteiger partial charge in [-0.05, 0) is 58.0 Å². The standard InChI is InChI=1S/C15H33NO2S/c1-12(2)10-16-11-14(4)13(3)8-9-19(17,18)15(5,6)7/h12-14,16H,8-11H2,1-7H3. The van der Waals surface area contributed by atoms with Gasteiger partial charge in [-0.25, -0.2) is 8.42 Å². The van der Waals surface area contributed by atoms with Crippen molar-refractivity contribution in [3.8, 4) is 0 Å². The number of hydrogen-bond acceptors (Lipinski definition) is 3. The Kier molecular flexibility index (Phi) is 7.59. The first-order valence-corrected chi connectivity index (χ1v) is 9.05. The summed E-state index contributed by atoms with van der Waals surface area (Å²) in [4.78, 5) is 0. The Morgan fingerprint density at radius 3 is 1.89 bits per heavy atom. The molecule has 0 aromatic carbocycles. The molecule has 0 bridgehead atoms. The number of nitrogens with one attached hydrogen (secondary N) is 1. The normalized spacial score (nSPS) is 16.6. The molecule has 3 nitrogen and oxygen atoms in total. The molecule has 0 aromatic rings. The first kappa shape index (κ1) is 18.9. The Labute approximate surface area is 120 Å². The van der Waals surface area contributed by atoms with Crippen molar-refractivity contribution in [2.75, 3.05) is 18.8 Å². The van der Waals surface area contributed by atoms with Crippen molar-refractivity contribution in [3.05, 3.63) is 0 Å². The molecule has 0 saturated carbocycles. The lowest BCUT2D eigenvalue weighted by atomic mass is 9.93. The largest absolute Gasteiger partial charge is 0.316 e. The van der Waals surface area contributed by atoms with Crippen molar-refractivity contribution in [1.82, 2.24) is 5.32 Å². The fraction of sp³-hybridized carbons (Fsp3) is 1.00. The number of sulfone groups is 1. The van der Waals surface area contributed by atoms with Crippen LogP contribution in [0, 0.1) is 17.8 Å². The zero-order valence-corrected chi connectivity index (χ0v) is 14.6. The molecule has 116 valence electrons. The van der Waals surface area contributed by atoms with Crippen molar-refractivity contribution in [1.29, 1.82) is 0 Å². The molecule has 0 heterocycles. The zero-order valence-electron chi connectivity index (χ0n) is 13.8. The van der Waals surface area contributed by atoms with E-state index in [1.54, 1.807) is 20.8 Å². The summed E-state index contributed by atoms with van der Waals surface area (Å²) in [6.45, 7) is 16.1.